The Bertz CT molecular complexity index is 1100. The Morgan fingerprint density at radius 1 is 1.15 bits per heavy atom. The average molecular weight is 578 g/mol. The number of carbonyl (C=O) groups excluding carboxylic acids is 1. The lowest BCUT2D eigenvalue weighted by Crippen LogP contribution is -2.48. The molecule has 1 aromatic carbocycles. The summed E-state index contributed by atoms with van der Waals surface area (Å²) in [6.45, 7) is 10.8. The Kier molecular flexibility index (Phi) is 11.8. The lowest BCUT2D eigenvalue weighted by Gasteiger charge is -2.41. The molecule has 3 fully saturated rings. The van der Waals surface area contributed by atoms with E-state index in [0.29, 0.717) is 32.0 Å². The third-order valence-electron chi connectivity index (χ3n) is 7.82. The van der Waals surface area contributed by atoms with E-state index in [2.05, 4.69) is 53.6 Å². The second-order valence-corrected chi connectivity index (χ2v) is 10.9. The number of urea groups is 1. The quantitative estimate of drug-likeness (QED) is 0.429. The number of aryl methyl sites for hydroxylation is 1. The number of nitrogens with zero attached hydrogens (tertiary/aromatic N) is 3. The molecule has 1 aliphatic carbocycles. The molecule has 3 N–H and O–H groups in total. The SMILES string of the molecule is C.CC[C@@H]1CCN(C(=O)Nc2ccc(C)c(-c3cc(NC4CC(C)(O)C4)nc(N4CCOCC4)c3)c2)C1.S.S. The van der Waals surface area contributed by atoms with Crippen LogP contribution in [0.25, 0.3) is 11.1 Å². The number of carbonyl (C=O) groups is 1. The van der Waals surface area contributed by atoms with E-state index >= 15 is 0 Å². The van der Waals surface area contributed by atoms with Gasteiger partial charge in [-0.3, -0.25) is 0 Å². The molecule has 10 heteroatoms. The van der Waals surface area contributed by atoms with Crippen molar-refractivity contribution in [3.8, 4) is 11.1 Å². The lowest BCUT2D eigenvalue weighted by atomic mass is 9.77. The molecule has 3 heterocycles. The van der Waals surface area contributed by atoms with Crippen LogP contribution in [-0.4, -0.2) is 72.1 Å². The number of aliphatic hydroxyl groups is 1. The Morgan fingerprint density at radius 3 is 2.51 bits per heavy atom. The van der Waals surface area contributed by atoms with Gasteiger partial charge in [-0.2, -0.15) is 27.0 Å². The number of nitrogens with one attached hydrogen (secondary N) is 2. The average Bonchev–Trinajstić information content (AvgIpc) is 3.34. The number of benzene rings is 1. The number of aromatic nitrogens is 1. The maximum absolute atomic E-state index is 12.9. The zero-order valence-corrected chi connectivity index (χ0v) is 24.7. The van der Waals surface area contributed by atoms with Crippen LogP contribution in [0.5, 0.6) is 0 Å². The topological polar surface area (TPSA) is 90.0 Å². The maximum atomic E-state index is 12.9. The van der Waals surface area contributed by atoms with Crippen molar-refractivity contribution >= 4 is 50.3 Å². The zero-order chi connectivity index (χ0) is 25.3. The van der Waals surface area contributed by atoms with Gasteiger partial charge < -0.3 is 30.3 Å². The van der Waals surface area contributed by atoms with E-state index in [-0.39, 0.29) is 46.5 Å². The predicted octanol–water partition coefficient (Wildman–Crippen LogP) is 5.34. The second kappa shape index (κ2) is 14.0. The number of ether oxygens (including phenoxy) is 1. The highest BCUT2D eigenvalue weighted by atomic mass is 32.1. The summed E-state index contributed by atoms with van der Waals surface area (Å²) in [6, 6.07) is 10.5. The first-order chi connectivity index (χ1) is 17.3. The summed E-state index contributed by atoms with van der Waals surface area (Å²) in [5.41, 5.74) is 3.46. The molecule has 5 rings (SSSR count). The first-order valence-corrected chi connectivity index (χ1v) is 13.3. The summed E-state index contributed by atoms with van der Waals surface area (Å²) in [5, 5.41) is 16.8. The predicted molar refractivity (Wildman–Crippen MR) is 171 cm³/mol. The number of hydrogen-bond donors (Lipinski definition) is 3. The molecule has 0 unspecified atom stereocenters. The Morgan fingerprint density at radius 2 is 1.87 bits per heavy atom. The van der Waals surface area contributed by atoms with Crippen molar-refractivity contribution in [1.29, 1.82) is 0 Å². The minimum atomic E-state index is -0.599. The molecule has 0 bridgehead atoms. The smallest absolute Gasteiger partial charge is 0.321 e. The fourth-order valence-corrected chi connectivity index (χ4v) is 5.58. The minimum absolute atomic E-state index is 0. The molecule has 2 saturated heterocycles. The molecule has 39 heavy (non-hydrogen) atoms. The summed E-state index contributed by atoms with van der Waals surface area (Å²) < 4.78 is 5.55. The minimum Gasteiger partial charge on any atom is -0.390 e. The summed E-state index contributed by atoms with van der Waals surface area (Å²) in [4.78, 5) is 22.0. The third-order valence-corrected chi connectivity index (χ3v) is 7.82. The lowest BCUT2D eigenvalue weighted by molar-refractivity contribution is -0.0235. The molecule has 8 nitrogen and oxygen atoms in total. The zero-order valence-electron chi connectivity index (χ0n) is 22.7. The van der Waals surface area contributed by atoms with Gasteiger partial charge in [0.05, 0.1) is 18.8 Å². The van der Waals surface area contributed by atoms with Crippen LogP contribution in [0.2, 0.25) is 0 Å². The number of likely N-dealkylation sites (tertiary alicyclic amines) is 1. The van der Waals surface area contributed by atoms with E-state index in [4.69, 9.17) is 9.72 Å². The van der Waals surface area contributed by atoms with Crippen LogP contribution < -0.4 is 15.5 Å². The summed E-state index contributed by atoms with van der Waals surface area (Å²) in [5.74, 6) is 2.33. The van der Waals surface area contributed by atoms with Crippen molar-refractivity contribution in [2.24, 2.45) is 5.92 Å². The highest BCUT2D eigenvalue weighted by molar-refractivity contribution is 7.59. The van der Waals surface area contributed by atoms with Crippen molar-refractivity contribution in [3.05, 3.63) is 35.9 Å². The monoisotopic (exact) mass is 577 g/mol. The Labute approximate surface area is 247 Å². The van der Waals surface area contributed by atoms with E-state index in [0.717, 1.165) is 73.0 Å². The molecule has 1 aromatic heterocycles. The number of anilines is 3. The standard InChI is InChI=1S/C28H39N5O3.CH4.2H2S/c1-4-20-7-8-33(18-20)27(34)30-22-6-5-19(2)24(15-22)21-13-25(29-23-16-28(3,35)17-23)31-26(14-21)32-9-11-36-12-10-32;;;/h5-6,13-15,20,23,35H,4,7-12,16-18H2,1-3H3,(H,29,31)(H,30,34);1H4;2*1H2/t20-,23?,28?;;;/m1.../s1. The van der Waals surface area contributed by atoms with Gasteiger partial charge in [-0.05, 0) is 80.0 Å². The third kappa shape index (κ3) is 7.96. The normalized spacial score (nSPS) is 24.0. The van der Waals surface area contributed by atoms with Gasteiger partial charge in [0.15, 0.2) is 0 Å². The molecule has 3 aliphatic rings. The van der Waals surface area contributed by atoms with Crippen molar-refractivity contribution in [2.75, 3.05) is 54.9 Å². The van der Waals surface area contributed by atoms with Crippen LogP contribution in [0.4, 0.5) is 22.1 Å². The first-order valence-electron chi connectivity index (χ1n) is 13.3. The van der Waals surface area contributed by atoms with Crippen molar-refractivity contribution in [2.45, 2.75) is 65.5 Å². The van der Waals surface area contributed by atoms with Crippen LogP contribution in [0.3, 0.4) is 0 Å². The summed E-state index contributed by atoms with van der Waals surface area (Å²) >= 11 is 0. The molecule has 2 aliphatic heterocycles. The molecule has 0 spiro atoms. The fraction of sp³-hybridized carbons (Fsp3) is 0.586. The Balaban J connectivity index is 0.00000178. The number of rotatable bonds is 6. The largest absolute Gasteiger partial charge is 0.390 e. The first kappa shape index (κ1) is 33.1. The van der Waals surface area contributed by atoms with Crippen molar-refractivity contribution < 1.29 is 14.6 Å². The van der Waals surface area contributed by atoms with Crippen molar-refractivity contribution in [1.82, 2.24) is 9.88 Å². The number of hydrogen-bond acceptors (Lipinski definition) is 6. The molecular weight excluding hydrogens is 530 g/mol. The molecular formula is C29H47N5O3S2. The van der Waals surface area contributed by atoms with Gasteiger partial charge in [0.2, 0.25) is 0 Å². The molecule has 1 saturated carbocycles. The van der Waals surface area contributed by atoms with E-state index in [1.807, 2.05) is 17.9 Å². The van der Waals surface area contributed by atoms with E-state index < -0.39 is 5.60 Å². The molecule has 218 valence electrons. The van der Waals surface area contributed by atoms with Crippen molar-refractivity contribution in [3.63, 3.8) is 0 Å². The van der Waals surface area contributed by atoms with Gasteiger partial charge >= 0.3 is 6.03 Å². The van der Waals surface area contributed by atoms with Crippen LogP contribution in [-0.2, 0) is 4.74 Å². The van der Waals surface area contributed by atoms with Gasteiger partial charge in [-0.15, -0.1) is 0 Å². The van der Waals surface area contributed by atoms with Crippen LogP contribution in [0.15, 0.2) is 30.3 Å². The highest BCUT2D eigenvalue weighted by Crippen LogP contribution is 2.36. The van der Waals surface area contributed by atoms with Crippen LogP contribution in [0.1, 0.15) is 52.5 Å². The van der Waals surface area contributed by atoms with E-state index in [9.17, 15) is 9.90 Å². The van der Waals surface area contributed by atoms with Gasteiger partial charge in [0.1, 0.15) is 11.6 Å². The summed E-state index contributed by atoms with van der Waals surface area (Å²) in [6.07, 6.45) is 3.61. The maximum Gasteiger partial charge on any atom is 0.321 e. The van der Waals surface area contributed by atoms with E-state index in [1.165, 1.54) is 0 Å². The van der Waals surface area contributed by atoms with Crippen LogP contribution >= 0.6 is 27.0 Å². The molecule has 2 amide bonds. The number of amides is 2. The number of morpholine rings is 1. The highest BCUT2D eigenvalue weighted by Gasteiger charge is 2.38. The van der Waals surface area contributed by atoms with Gasteiger partial charge in [-0.25, -0.2) is 9.78 Å². The molecule has 2 aromatic rings. The number of pyridine rings is 1. The van der Waals surface area contributed by atoms with Gasteiger partial charge in [0.25, 0.3) is 0 Å². The van der Waals surface area contributed by atoms with Gasteiger partial charge in [-0.1, -0.05) is 26.8 Å². The molecule has 0 radical (unpaired) electrons. The van der Waals surface area contributed by atoms with Gasteiger partial charge in [0, 0.05) is 37.9 Å². The Hall–Kier alpha value is -2.14. The van der Waals surface area contributed by atoms with Crippen LogP contribution in [0, 0.1) is 12.8 Å². The summed E-state index contributed by atoms with van der Waals surface area (Å²) in [7, 11) is 0. The second-order valence-electron chi connectivity index (χ2n) is 10.9. The van der Waals surface area contributed by atoms with E-state index in [1.54, 1.807) is 0 Å². The molecule has 1 atom stereocenters. The fourth-order valence-electron chi connectivity index (χ4n) is 5.58.